The Morgan fingerprint density at radius 1 is 1.14 bits per heavy atom. The van der Waals surface area contributed by atoms with Crippen LogP contribution in [0.3, 0.4) is 0 Å². The highest BCUT2D eigenvalue weighted by atomic mass is 16.6. The smallest absolute Gasteiger partial charge is 0.274 e. The van der Waals surface area contributed by atoms with Crippen molar-refractivity contribution in [1.29, 1.82) is 0 Å². The van der Waals surface area contributed by atoms with E-state index in [0.717, 1.165) is 11.3 Å². The van der Waals surface area contributed by atoms with Crippen molar-refractivity contribution in [3.05, 3.63) is 94.4 Å². The van der Waals surface area contributed by atoms with Crippen LogP contribution >= 0.6 is 0 Å². The second kappa shape index (κ2) is 7.32. The molecule has 0 spiro atoms. The fourth-order valence-electron chi connectivity index (χ4n) is 2.82. The van der Waals surface area contributed by atoms with Gasteiger partial charge < -0.3 is 4.42 Å². The zero-order valence-corrected chi connectivity index (χ0v) is 15.0. The Morgan fingerprint density at radius 2 is 1.96 bits per heavy atom. The number of para-hydroxylation sites is 1. The lowest BCUT2D eigenvalue weighted by Crippen LogP contribution is -1.93. The largest absolute Gasteiger partial charge is 0.463 e. The summed E-state index contributed by atoms with van der Waals surface area (Å²) in [6, 6.07) is 18.2. The summed E-state index contributed by atoms with van der Waals surface area (Å²) in [5.74, 6) is 0.617. The molecule has 0 aliphatic carbocycles. The molecule has 0 saturated heterocycles. The zero-order valence-electron chi connectivity index (χ0n) is 15.0. The third-order valence-corrected chi connectivity index (χ3v) is 4.26. The first-order valence-corrected chi connectivity index (χ1v) is 8.60. The van der Waals surface area contributed by atoms with Crippen molar-refractivity contribution in [2.24, 2.45) is 4.99 Å². The van der Waals surface area contributed by atoms with Crippen molar-refractivity contribution in [1.82, 2.24) is 9.78 Å². The summed E-state index contributed by atoms with van der Waals surface area (Å²) >= 11 is 0. The van der Waals surface area contributed by atoms with Crippen molar-refractivity contribution in [3.8, 4) is 17.1 Å². The van der Waals surface area contributed by atoms with Crippen LogP contribution in [0, 0.1) is 17.0 Å². The van der Waals surface area contributed by atoms with E-state index in [1.807, 2.05) is 42.6 Å². The van der Waals surface area contributed by atoms with Gasteiger partial charge >= 0.3 is 0 Å². The Labute approximate surface area is 160 Å². The van der Waals surface area contributed by atoms with Gasteiger partial charge in [0.1, 0.15) is 5.69 Å². The highest BCUT2D eigenvalue weighted by Gasteiger charge is 2.14. The molecule has 0 saturated carbocycles. The van der Waals surface area contributed by atoms with Crippen molar-refractivity contribution in [3.63, 3.8) is 0 Å². The summed E-state index contributed by atoms with van der Waals surface area (Å²) < 4.78 is 7.25. The number of aryl methyl sites for hydroxylation is 1. The van der Waals surface area contributed by atoms with Gasteiger partial charge in [-0.3, -0.25) is 15.1 Å². The highest BCUT2D eigenvalue weighted by Crippen LogP contribution is 2.26. The van der Waals surface area contributed by atoms with E-state index >= 15 is 0 Å². The Morgan fingerprint density at radius 3 is 2.68 bits per heavy atom. The van der Waals surface area contributed by atoms with Crippen LogP contribution in [-0.2, 0) is 0 Å². The zero-order chi connectivity index (χ0) is 19.5. The highest BCUT2D eigenvalue weighted by molar-refractivity contribution is 5.89. The van der Waals surface area contributed by atoms with Crippen LogP contribution in [0.15, 0.2) is 82.5 Å². The third-order valence-electron chi connectivity index (χ3n) is 4.26. The Hall–Kier alpha value is -4.00. The fourth-order valence-corrected chi connectivity index (χ4v) is 2.82. The molecule has 0 unspecified atom stereocenters. The standard InChI is InChI=1S/C21H16N4O3/c1-15-9-10-17(12-19(15)25(26)27)22-13-16-14-24(18-6-3-2-4-7-18)23-21(16)20-8-5-11-28-20/h2-14H,1H3. The normalized spacial score (nSPS) is 11.2. The minimum Gasteiger partial charge on any atom is -0.463 e. The van der Waals surface area contributed by atoms with Gasteiger partial charge in [0.15, 0.2) is 5.76 Å². The van der Waals surface area contributed by atoms with Crippen LogP contribution < -0.4 is 0 Å². The molecule has 0 fully saturated rings. The Bertz CT molecular complexity index is 1150. The lowest BCUT2D eigenvalue weighted by molar-refractivity contribution is -0.385. The van der Waals surface area contributed by atoms with Crippen LogP contribution in [-0.4, -0.2) is 20.9 Å². The molecular weight excluding hydrogens is 356 g/mol. The van der Waals surface area contributed by atoms with E-state index < -0.39 is 4.92 Å². The third kappa shape index (κ3) is 3.45. The quantitative estimate of drug-likeness (QED) is 0.277. The molecule has 28 heavy (non-hydrogen) atoms. The average Bonchev–Trinajstić information content (AvgIpc) is 3.37. The molecular formula is C21H16N4O3. The predicted molar refractivity (Wildman–Crippen MR) is 106 cm³/mol. The van der Waals surface area contributed by atoms with Crippen LogP contribution in [0.5, 0.6) is 0 Å². The number of nitro groups is 1. The number of benzene rings is 2. The van der Waals surface area contributed by atoms with Gasteiger partial charge in [0.05, 0.1) is 22.6 Å². The van der Waals surface area contributed by atoms with E-state index in [1.165, 1.54) is 6.07 Å². The maximum absolute atomic E-state index is 11.1. The number of aromatic nitrogens is 2. The number of nitro benzene ring substituents is 1. The van der Waals surface area contributed by atoms with Crippen LogP contribution in [0.2, 0.25) is 0 Å². The Kier molecular flexibility index (Phi) is 4.55. The molecule has 0 N–H and O–H groups in total. The van der Waals surface area contributed by atoms with Gasteiger partial charge in [-0.1, -0.05) is 24.3 Å². The van der Waals surface area contributed by atoms with Gasteiger partial charge in [-0.2, -0.15) is 5.10 Å². The average molecular weight is 372 g/mol. The molecule has 0 radical (unpaired) electrons. The molecule has 7 nitrogen and oxygen atoms in total. The molecule has 138 valence electrons. The summed E-state index contributed by atoms with van der Waals surface area (Å²) in [7, 11) is 0. The summed E-state index contributed by atoms with van der Waals surface area (Å²) in [5, 5.41) is 15.8. The van der Waals surface area contributed by atoms with E-state index in [-0.39, 0.29) is 5.69 Å². The lowest BCUT2D eigenvalue weighted by atomic mass is 10.2. The first-order chi connectivity index (χ1) is 13.6. The molecule has 2 aromatic heterocycles. The van der Waals surface area contributed by atoms with Gasteiger partial charge in [0.25, 0.3) is 5.69 Å². The fraction of sp³-hybridized carbons (Fsp3) is 0.0476. The van der Waals surface area contributed by atoms with Crippen molar-refractivity contribution in [2.75, 3.05) is 0 Å². The summed E-state index contributed by atoms with van der Waals surface area (Å²) in [5.41, 5.74) is 3.41. The maximum atomic E-state index is 11.1. The van der Waals surface area contributed by atoms with Crippen LogP contribution in [0.1, 0.15) is 11.1 Å². The van der Waals surface area contributed by atoms with E-state index in [4.69, 9.17) is 4.42 Å². The first kappa shape index (κ1) is 17.4. The molecule has 0 amide bonds. The minimum atomic E-state index is -0.407. The maximum Gasteiger partial charge on any atom is 0.274 e. The van der Waals surface area contributed by atoms with Gasteiger partial charge in [-0.25, -0.2) is 4.68 Å². The molecule has 2 heterocycles. The Balaban J connectivity index is 1.75. The van der Waals surface area contributed by atoms with E-state index in [0.29, 0.717) is 22.7 Å². The minimum absolute atomic E-state index is 0.0425. The van der Waals surface area contributed by atoms with Crippen molar-refractivity contribution < 1.29 is 9.34 Å². The van der Waals surface area contributed by atoms with Gasteiger partial charge in [0.2, 0.25) is 0 Å². The molecule has 0 bridgehead atoms. The predicted octanol–water partition coefficient (Wildman–Crippen LogP) is 5.10. The van der Waals surface area contributed by atoms with Gasteiger partial charge in [0, 0.05) is 29.6 Å². The second-order valence-corrected chi connectivity index (χ2v) is 6.18. The number of hydrogen-bond acceptors (Lipinski definition) is 5. The number of rotatable bonds is 5. The first-order valence-electron chi connectivity index (χ1n) is 8.60. The second-order valence-electron chi connectivity index (χ2n) is 6.18. The molecule has 0 aliphatic heterocycles. The molecule has 2 aromatic carbocycles. The summed E-state index contributed by atoms with van der Waals surface area (Å²) in [4.78, 5) is 15.2. The van der Waals surface area contributed by atoms with Crippen LogP contribution in [0.25, 0.3) is 17.1 Å². The summed E-state index contributed by atoms with van der Waals surface area (Å²) in [6.45, 7) is 1.70. The van der Waals surface area contributed by atoms with Gasteiger partial charge in [-0.15, -0.1) is 0 Å². The molecule has 7 heteroatoms. The lowest BCUT2D eigenvalue weighted by Gasteiger charge is -1.98. The molecule has 4 rings (SSSR count). The number of hydrogen-bond donors (Lipinski definition) is 0. The van der Waals surface area contributed by atoms with Crippen molar-refractivity contribution >= 4 is 17.6 Å². The molecule has 0 atom stereocenters. The molecule has 4 aromatic rings. The number of furan rings is 1. The van der Waals surface area contributed by atoms with Gasteiger partial charge in [-0.05, 0) is 37.3 Å². The van der Waals surface area contributed by atoms with E-state index in [2.05, 4.69) is 10.1 Å². The topological polar surface area (TPSA) is 86.5 Å². The van der Waals surface area contributed by atoms with Crippen LogP contribution in [0.4, 0.5) is 11.4 Å². The van der Waals surface area contributed by atoms with Crippen molar-refractivity contribution in [2.45, 2.75) is 6.92 Å². The van der Waals surface area contributed by atoms with E-state index in [1.54, 1.807) is 42.3 Å². The molecule has 0 aliphatic rings. The summed E-state index contributed by atoms with van der Waals surface area (Å²) in [6.07, 6.45) is 5.07. The number of aliphatic imine (C=N–C) groups is 1. The SMILES string of the molecule is Cc1ccc(N=Cc2cn(-c3ccccc3)nc2-c2ccco2)cc1[N+](=O)[O-]. The number of nitrogens with zero attached hydrogens (tertiary/aromatic N) is 4. The monoisotopic (exact) mass is 372 g/mol. The van der Waals surface area contributed by atoms with E-state index in [9.17, 15) is 10.1 Å².